The van der Waals surface area contributed by atoms with Crippen molar-refractivity contribution < 1.29 is 9.53 Å². The first-order valence-corrected chi connectivity index (χ1v) is 10.9. The largest absolute Gasteiger partial charge is 0.377 e. The topological polar surface area (TPSA) is 42.4 Å². The standard InChI is InChI=1S/C21H22N2O2S2/c1-23(13-20-22-17-9-3-5-11-19(17)27-20)21(24)16-8-2-4-10-18(16)26-14-15-7-6-12-25-15/h2-5,8-11,15H,6-7,12-14H2,1H3/t15-/m1/s1. The quantitative estimate of drug-likeness (QED) is 0.557. The second-order valence-electron chi connectivity index (χ2n) is 6.68. The summed E-state index contributed by atoms with van der Waals surface area (Å²) in [5.41, 5.74) is 1.75. The van der Waals surface area contributed by atoms with Crippen molar-refractivity contribution in [2.45, 2.75) is 30.4 Å². The van der Waals surface area contributed by atoms with Crippen LogP contribution in [0.5, 0.6) is 0 Å². The van der Waals surface area contributed by atoms with E-state index in [1.54, 1.807) is 28.0 Å². The molecule has 0 unspecified atom stereocenters. The molecule has 4 rings (SSSR count). The summed E-state index contributed by atoms with van der Waals surface area (Å²) in [6.45, 7) is 1.37. The van der Waals surface area contributed by atoms with Gasteiger partial charge in [-0.15, -0.1) is 23.1 Å². The van der Waals surface area contributed by atoms with Gasteiger partial charge in [0.05, 0.1) is 28.4 Å². The van der Waals surface area contributed by atoms with E-state index in [1.165, 1.54) is 0 Å². The highest BCUT2D eigenvalue weighted by atomic mass is 32.2. The van der Waals surface area contributed by atoms with E-state index in [0.29, 0.717) is 12.6 Å². The SMILES string of the molecule is CN(Cc1nc2ccccc2s1)C(=O)c1ccccc1SC[C@H]1CCCO1. The van der Waals surface area contributed by atoms with E-state index < -0.39 is 0 Å². The van der Waals surface area contributed by atoms with Crippen LogP contribution in [-0.2, 0) is 11.3 Å². The van der Waals surface area contributed by atoms with Crippen LogP contribution in [0, 0.1) is 0 Å². The smallest absolute Gasteiger partial charge is 0.255 e. The van der Waals surface area contributed by atoms with Crippen LogP contribution < -0.4 is 0 Å². The Balaban J connectivity index is 1.46. The predicted molar refractivity (Wildman–Crippen MR) is 112 cm³/mol. The van der Waals surface area contributed by atoms with E-state index in [2.05, 4.69) is 11.1 Å². The molecule has 0 aliphatic carbocycles. The second-order valence-corrected chi connectivity index (χ2v) is 8.86. The Morgan fingerprint density at radius 1 is 1.26 bits per heavy atom. The molecule has 2 aromatic carbocycles. The number of rotatable bonds is 6. The molecule has 1 amide bonds. The molecule has 1 atom stereocenters. The summed E-state index contributed by atoms with van der Waals surface area (Å²) < 4.78 is 6.86. The average Bonchev–Trinajstić information content (AvgIpc) is 3.35. The number of amides is 1. The van der Waals surface area contributed by atoms with Gasteiger partial charge >= 0.3 is 0 Å². The Labute approximate surface area is 167 Å². The number of hydrogen-bond acceptors (Lipinski definition) is 5. The molecule has 0 N–H and O–H groups in total. The van der Waals surface area contributed by atoms with Gasteiger partial charge in [0, 0.05) is 24.3 Å². The van der Waals surface area contributed by atoms with Gasteiger partial charge in [0.25, 0.3) is 5.91 Å². The normalized spacial score (nSPS) is 16.7. The monoisotopic (exact) mass is 398 g/mol. The zero-order valence-corrected chi connectivity index (χ0v) is 16.9. The van der Waals surface area contributed by atoms with E-state index in [1.807, 2.05) is 49.5 Å². The highest BCUT2D eigenvalue weighted by Crippen LogP contribution is 2.28. The molecular formula is C21H22N2O2S2. The fraction of sp³-hybridized carbons (Fsp3) is 0.333. The summed E-state index contributed by atoms with van der Waals surface area (Å²) >= 11 is 3.36. The van der Waals surface area contributed by atoms with Gasteiger partial charge < -0.3 is 9.64 Å². The number of hydrogen-bond donors (Lipinski definition) is 0. The molecule has 0 spiro atoms. The zero-order chi connectivity index (χ0) is 18.6. The van der Waals surface area contributed by atoms with Crippen LogP contribution in [0.25, 0.3) is 10.2 Å². The van der Waals surface area contributed by atoms with Crippen LogP contribution in [0.4, 0.5) is 0 Å². The number of carbonyl (C=O) groups is 1. The van der Waals surface area contributed by atoms with Gasteiger partial charge in [-0.2, -0.15) is 0 Å². The molecule has 3 aromatic rings. The van der Waals surface area contributed by atoms with Gasteiger partial charge in [0.1, 0.15) is 5.01 Å². The highest BCUT2D eigenvalue weighted by molar-refractivity contribution is 7.99. The Bertz CT molecular complexity index is 902. The third-order valence-corrected chi connectivity index (χ3v) is 6.85. The van der Waals surface area contributed by atoms with E-state index >= 15 is 0 Å². The number of nitrogens with zero attached hydrogens (tertiary/aromatic N) is 2. The minimum Gasteiger partial charge on any atom is -0.377 e. The van der Waals surface area contributed by atoms with Crippen LogP contribution in [0.15, 0.2) is 53.4 Å². The molecule has 1 aliphatic rings. The first-order valence-electron chi connectivity index (χ1n) is 9.14. The van der Waals surface area contributed by atoms with Crippen LogP contribution in [0.3, 0.4) is 0 Å². The minimum absolute atomic E-state index is 0.0321. The zero-order valence-electron chi connectivity index (χ0n) is 15.3. The number of fused-ring (bicyclic) bond motifs is 1. The Morgan fingerprint density at radius 3 is 2.89 bits per heavy atom. The molecule has 4 nitrogen and oxygen atoms in total. The molecule has 0 radical (unpaired) electrons. The molecule has 2 heterocycles. The van der Waals surface area contributed by atoms with Crippen molar-refractivity contribution in [3.05, 3.63) is 59.1 Å². The van der Waals surface area contributed by atoms with Gasteiger partial charge in [-0.3, -0.25) is 4.79 Å². The Hall–Kier alpha value is -1.89. The van der Waals surface area contributed by atoms with Gasteiger partial charge in [-0.25, -0.2) is 4.98 Å². The summed E-state index contributed by atoms with van der Waals surface area (Å²) in [6, 6.07) is 15.9. The Morgan fingerprint density at radius 2 is 2.07 bits per heavy atom. The molecule has 1 aromatic heterocycles. The molecule has 140 valence electrons. The number of carbonyl (C=O) groups excluding carboxylic acids is 1. The summed E-state index contributed by atoms with van der Waals surface area (Å²) in [7, 11) is 1.84. The van der Waals surface area contributed by atoms with Crippen molar-refractivity contribution in [2.24, 2.45) is 0 Å². The lowest BCUT2D eigenvalue weighted by atomic mass is 10.2. The van der Waals surface area contributed by atoms with E-state index in [4.69, 9.17) is 4.74 Å². The number of thioether (sulfide) groups is 1. The van der Waals surface area contributed by atoms with Crippen LogP contribution >= 0.6 is 23.1 Å². The first kappa shape index (κ1) is 18.5. The lowest BCUT2D eigenvalue weighted by molar-refractivity contribution is 0.0781. The maximum absolute atomic E-state index is 13.0. The number of ether oxygens (including phenoxy) is 1. The lowest BCUT2D eigenvalue weighted by Crippen LogP contribution is -2.26. The summed E-state index contributed by atoms with van der Waals surface area (Å²) in [4.78, 5) is 20.5. The number of benzene rings is 2. The van der Waals surface area contributed by atoms with Crippen molar-refractivity contribution in [3.63, 3.8) is 0 Å². The van der Waals surface area contributed by atoms with Crippen molar-refractivity contribution in [1.82, 2.24) is 9.88 Å². The predicted octanol–water partition coefficient (Wildman–Crippen LogP) is 4.84. The summed E-state index contributed by atoms with van der Waals surface area (Å²) in [6.07, 6.45) is 2.55. The van der Waals surface area contributed by atoms with E-state index in [0.717, 1.165) is 50.9 Å². The molecule has 6 heteroatoms. The summed E-state index contributed by atoms with van der Waals surface area (Å²) in [5.74, 6) is 0.927. The van der Waals surface area contributed by atoms with Crippen molar-refractivity contribution in [1.29, 1.82) is 0 Å². The third-order valence-electron chi connectivity index (χ3n) is 4.62. The third kappa shape index (κ3) is 4.34. The van der Waals surface area contributed by atoms with Gasteiger partial charge in [0.2, 0.25) is 0 Å². The van der Waals surface area contributed by atoms with E-state index in [9.17, 15) is 4.79 Å². The number of aromatic nitrogens is 1. The lowest BCUT2D eigenvalue weighted by Gasteiger charge is -2.18. The first-order chi connectivity index (χ1) is 13.2. The fourth-order valence-corrected chi connectivity index (χ4v) is 5.33. The van der Waals surface area contributed by atoms with Gasteiger partial charge in [-0.1, -0.05) is 24.3 Å². The molecule has 27 heavy (non-hydrogen) atoms. The average molecular weight is 399 g/mol. The second kappa shape index (κ2) is 8.42. The van der Waals surface area contributed by atoms with E-state index in [-0.39, 0.29) is 5.91 Å². The number of thiazole rings is 1. The molecule has 1 aliphatic heterocycles. The molecule has 1 fully saturated rings. The van der Waals surface area contributed by atoms with Gasteiger partial charge in [-0.05, 0) is 37.1 Å². The molecular weight excluding hydrogens is 376 g/mol. The minimum atomic E-state index is 0.0321. The molecule has 0 bridgehead atoms. The maximum atomic E-state index is 13.0. The summed E-state index contributed by atoms with van der Waals surface area (Å²) in [5, 5.41) is 0.955. The number of para-hydroxylation sites is 1. The van der Waals surface area contributed by atoms with Crippen molar-refractivity contribution in [3.8, 4) is 0 Å². The van der Waals surface area contributed by atoms with Crippen LogP contribution in [0.1, 0.15) is 28.2 Å². The van der Waals surface area contributed by atoms with Crippen molar-refractivity contribution >= 4 is 39.2 Å². The maximum Gasteiger partial charge on any atom is 0.255 e. The Kier molecular flexibility index (Phi) is 5.76. The fourth-order valence-electron chi connectivity index (χ4n) is 3.20. The van der Waals surface area contributed by atoms with Crippen LogP contribution in [-0.4, -0.2) is 41.3 Å². The van der Waals surface area contributed by atoms with Crippen LogP contribution in [0.2, 0.25) is 0 Å². The highest BCUT2D eigenvalue weighted by Gasteiger charge is 2.20. The van der Waals surface area contributed by atoms with Gasteiger partial charge in [0.15, 0.2) is 0 Å². The molecule has 0 saturated carbocycles. The molecule has 1 saturated heterocycles. The van der Waals surface area contributed by atoms with Crippen molar-refractivity contribution in [2.75, 3.05) is 19.4 Å².